The van der Waals surface area contributed by atoms with E-state index < -0.39 is 0 Å². The standard InChI is InChI=1S/C27H36ClN7O3/c1-27(14-37-15-27)16-38-23-7-6-18(10-19(23)28)32-25-13-26(31-17-30-25)33-21-11-20(29)22(12-24(21)36-5)35(4)9-8-34(2)3/h6-7,10-13,17H,8-9,14-16,29H2,1-5H3,(H2,30,31,32,33). The third-order valence-corrected chi connectivity index (χ3v) is 6.55. The highest BCUT2D eigenvalue weighted by Gasteiger charge is 2.34. The predicted octanol–water partition coefficient (Wildman–Crippen LogP) is 4.62. The van der Waals surface area contributed by atoms with Crippen molar-refractivity contribution in [3.05, 3.63) is 47.7 Å². The van der Waals surface area contributed by atoms with Gasteiger partial charge in [-0.05, 0) is 38.4 Å². The minimum Gasteiger partial charge on any atom is -0.494 e. The van der Waals surface area contributed by atoms with E-state index in [0.29, 0.717) is 59.4 Å². The highest BCUT2D eigenvalue weighted by Crippen LogP contribution is 2.37. The number of hydrogen-bond acceptors (Lipinski definition) is 10. The highest BCUT2D eigenvalue weighted by molar-refractivity contribution is 6.32. The SMILES string of the molecule is COc1cc(N(C)CCN(C)C)c(N)cc1Nc1cc(Nc2ccc(OCC3(C)COC3)c(Cl)c2)ncn1. The van der Waals surface area contributed by atoms with Crippen LogP contribution in [0, 0.1) is 5.41 Å². The van der Waals surface area contributed by atoms with Crippen molar-refractivity contribution in [2.24, 2.45) is 5.41 Å². The van der Waals surface area contributed by atoms with Crippen molar-refractivity contribution >= 4 is 46.0 Å². The molecule has 204 valence electrons. The van der Waals surface area contributed by atoms with Crippen LogP contribution in [0.3, 0.4) is 0 Å². The molecule has 0 radical (unpaired) electrons. The van der Waals surface area contributed by atoms with Crippen LogP contribution in [0.2, 0.25) is 5.02 Å². The summed E-state index contributed by atoms with van der Waals surface area (Å²) in [5, 5.41) is 7.07. The third kappa shape index (κ3) is 6.89. The van der Waals surface area contributed by atoms with Crippen molar-refractivity contribution in [3.8, 4) is 11.5 Å². The lowest BCUT2D eigenvalue weighted by Gasteiger charge is -2.37. The first-order valence-corrected chi connectivity index (χ1v) is 12.7. The molecule has 2 aromatic carbocycles. The Bertz CT molecular complexity index is 1250. The van der Waals surface area contributed by atoms with Crippen LogP contribution in [0.4, 0.5) is 34.4 Å². The number of ether oxygens (including phenoxy) is 3. The Balaban J connectivity index is 1.44. The molecular weight excluding hydrogens is 506 g/mol. The van der Waals surface area contributed by atoms with Crippen LogP contribution in [0.1, 0.15) is 6.92 Å². The maximum absolute atomic E-state index is 6.47. The average molecular weight is 542 g/mol. The molecule has 1 saturated heterocycles. The highest BCUT2D eigenvalue weighted by atomic mass is 35.5. The van der Waals surface area contributed by atoms with Crippen LogP contribution in [0.5, 0.6) is 11.5 Å². The molecule has 4 rings (SSSR count). The van der Waals surface area contributed by atoms with Gasteiger partial charge < -0.3 is 40.4 Å². The van der Waals surface area contributed by atoms with Gasteiger partial charge in [0.15, 0.2) is 0 Å². The van der Waals surface area contributed by atoms with E-state index >= 15 is 0 Å². The van der Waals surface area contributed by atoms with Crippen molar-refractivity contribution in [2.45, 2.75) is 6.92 Å². The molecule has 1 fully saturated rings. The first-order valence-electron chi connectivity index (χ1n) is 12.4. The molecule has 0 spiro atoms. The molecule has 0 aliphatic carbocycles. The van der Waals surface area contributed by atoms with Gasteiger partial charge in [0, 0.05) is 43.4 Å². The molecule has 2 heterocycles. The number of anilines is 6. The lowest BCUT2D eigenvalue weighted by Crippen LogP contribution is -2.44. The number of nitrogens with two attached hydrogens (primary N) is 1. The normalized spacial score (nSPS) is 14.1. The molecule has 38 heavy (non-hydrogen) atoms. The number of hydrogen-bond donors (Lipinski definition) is 3. The summed E-state index contributed by atoms with van der Waals surface area (Å²) in [5.41, 5.74) is 9.45. The van der Waals surface area contributed by atoms with E-state index in [4.69, 9.17) is 31.5 Å². The fraction of sp³-hybridized carbons (Fsp3) is 0.407. The van der Waals surface area contributed by atoms with Gasteiger partial charge in [0.25, 0.3) is 0 Å². The van der Waals surface area contributed by atoms with E-state index in [0.717, 1.165) is 24.5 Å². The summed E-state index contributed by atoms with van der Waals surface area (Å²) in [6.45, 7) is 5.83. The summed E-state index contributed by atoms with van der Waals surface area (Å²) in [5.74, 6) is 2.47. The van der Waals surface area contributed by atoms with Gasteiger partial charge in [0.1, 0.15) is 29.5 Å². The Morgan fingerprint density at radius 1 is 1.03 bits per heavy atom. The van der Waals surface area contributed by atoms with E-state index in [2.05, 4.69) is 37.3 Å². The van der Waals surface area contributed by atoms with Crippen molar-refractivity contribution in [1.29, 1.82) is 0 Å². The van der Waals surface area contributed by atoms with Crippen molar-refractivity contribution in [2.75, 3.05) is 82.4 Å². The molecule has 0 atom stereocenters. The smallest absolute Gasteiger partial charge is 0.144 e. The van der Waals surface area contributed by atoms with Crippen LogP contribution in [0.25, 0.3) is 0 Å². The number of nitrogens with zero attached hydrogens (tertiary/aromatic N) is 4. The molecule has 0 unspecified atom stereocenters. The summed E-state index contributed by atoms with van der Waals surface area (Å²) < 4.78 is 16.8. The van der Waals surface area contributed by atoms with E-state index in [1.54, 1.807) is 19.2 Å². The summed E-state index contributed by atoms with van der Waals surface area (Å²) in [7, 11) is 7.73. The van der Waals surface area contributed by atoms with E-state index in [1.807, 2.05) is 45.4 Å². The molecule has 1 aliphatic heterocycles. The lowest BCUT2D eigenvalue weighted by molar-refractivity contribution is -0.120. The summed E-state index contributed by atoms with van der Waals surface area (Å²) in [6, 6.07) is 11.1. The Morgan fingerprint density at radius 2 is 1.76 bits per heavy atom. The molecule has 0 bridgehead atoms. The quantitative estimate of drug-likeness (QED) is 0.281. The largest absolute Gasteiger partial charge is 0.494 e. The molecule has 0 amide bonds. The molecule has 11 heteroatoms. The number of nitrogen functional groups attached to an aromatic ring is 1. The molecule has 10 nitrogen and oxygen atoms in total. The van der Waals surface area contributed by atoms with Crippen LogP contribution in [0.15, 0.2) is 42.7 Å². The predicted molar refractivity (Wildman–Crippen MR) is 154 cm³/mol. The minimum atomic E-state index is 0.0419. The van der Waals surface area contributed by atoms with Crippen molar-refractivity contribution < 1.29 is 14.2 Å². The topological polar surface area (TPSA) is 110 Å². The maximum atomic E-state index is 6.47. The third-order valence-electron chi connectivity index (χ3n) is 6.25. The number of halogens is 1. The Kier molecular flexibility index (Phi) is 8.65. The minimum absolute atomic E-state index is 0.0419. The monoisotopic (exact) mass is 541 g/mol. The maximum Gasteiger partial charge on any atom is 0.144 e. The van der Waals surface area contributed by atoms with E-state index in [1.165, 1.54) is 6.33 Å². The van der Waals surface area contributed by atoms with E-state index in [9.17, 15) is 0 Å². The first-order chi connectivity index (χ1) is 18.2. The Morgan fingerprint density at radius 3 is 2.39 bits per heavy atom. The van der Waals surface area contributed by atoms with Gasteiger partial charge in [-0.15, -0.1) is 0 Å². The van der Waals surface area contributed by atoms with Gasteiger partial charge in [-0.25, -0.2) is 9.97 Å². The van der Waals surface area contributed by atoms with Crippen molar-refractivity contribution in [1.82, 2.24) is 14.9 Å². The molecule has 0 saturated carbocycles. The zero-order valence-electron chi connectivity index (χ0n) is 22.5. The van der Waals surface area contributed by atoms with Crippen LogP contribution in [-0.4, -0.2) is 76.0 Å². The average Bonchev–Trinajstić information content (AvgIpc) is 2.86. The number of rotatable bonds is 12. The van der Waals surface area contributed by atoms with Crippen LogP contribution >= 0.6 is 11.6 Å². The Labute approximate surface area is 229 Å². The van der Waals surface area contributed by atoms with Crippen LogP contribution in [-0.2, 0) is 4.74 Å². The number of methoxy groups -OCH3 is 1. The zero-order chi connectivity index (χ0) is 27.3. The second-order valence-electron chi connectivity index (χ2n) is 10.1. The van der Waals surface area contributed by atoms with Gasteiger partial charge >= 0.3 is 0 Å². The second kappa shape index (κ2) is 11.9. The fourth-order valence-corrected chi connectivity index (χ4v) is 4.15. The van der Waals surface area contributed by atoms with Gasteiger partial charge in [0.05, 0.1) is 49.0 Å². The van der Waals surface area contributed by atoms with Gasteiger partial charge in [-0.3, -0.25) is 0 Å². The number of nitrogens with one attached hydrogen (secondary N) is 2. The van der Waals surface area contributed by atoms with Crippen LogP contribution < -0.4 is 30.7 Å². The fourth-order valence-electron chi connectivity index (χ4n) is 3.91. The van der Waals surface area contributed by atoms with Gasteiger partial charge in [0.2, 0.25) is 0 Å². The lowest BCUT2D eigenvalue weighted by atomic mass is 9.90. The number of likely N-dealkylation sites (N-methyl/N-ethyl adjacent to an activating group) is 2. The molecule has 1 aromatic heterocycles. The zero-order valence-corrected chi connectivity index (χ0v) is 23.3. The van der Waals surface area contributed by atoms with Gasteiger partial charge in [-0.1, -0.05) is 18.5 Å². The summed E-state index contributed by atoms with van der Waals surface area (Å²) in [4.78, 5) is 12.9. The molecule has 1 aliphatic rings. The molecular formula is C27H36ClN7O3. The molecule has 3 aromatic rings. The Hall–Kier alpha value is -3.47. The van der Waals surface area contributed by atoms with E-state index in [-0.39, 0.29) is 5.41 Å². The van der Waals surface area contributed by atoms with Gasteiger partial charge in [-0.2, -0.15) is 0 Å². The summed E-state index contributed by atoms with van der Waals surface area (Å²) >= 11 is 6.47. The second-order valence-corrected chi connectivity index (χ2v) is 10.5. The number of aromatic nitrogens is 2. The summed E-state index contributed by atoms with van der Waals surface area (Å²) in [6.07, 6.45) is 1.48. The first kappa shape index (κ1) is 27.6. The molecule has 4 N–H and O–H groups in total. The number of benzene rings is 2. The van der Waals surface area contributed by atoms with Crippen molar-refractivity contribution in [3.63, 3.8) is 0 Å².